The lowest BCUT2D eigenvalue weighted by atomic mass is 9.86. The van der Waals surface area contributed by atoms with E-state index in [2.05, 4.69) is 67.9 Å². The number of nitrogens with zero attached hydrogens (tertiary/aromatic N) is 2. The van der Waals surface area contributed by atoms with Crippen LogP contribution in [0, 0.1) is 0 Å². The molecule has 3 aromatic rings. The van der Waals surface area contributed by atoms with E-state index in [0.717, 1.165) is 24.2 Å². The number of hydrogen-bond acceptors (Lipinski definition) is 2. The summed E-state index contributed by atoms with van der Waals surface area (Å²) in [6, 6.07) is 19.8. The Morgan fingerprint density at radius 2 is 1.74 bits per heavy atom. The zero-order chi connectivity index (χ0) is 22.0. The second-order valence-electron chi connectivity index (χ2n) is 9.08. The number of rotatable bonds is 4. The standard InChI is InChI=1S/C26H29ClN2O2/c1-26(2,3)20-9-7-19(8-10-20)25-23-6-4-15-28(23)16-5-17-29(25)24(30)18-31-22-13-11-21(27)12-14-22/h4,6-15,25H,5,16-18H2,1-3H3. The number of carbonyl (C=O) groups is 1. The summed E-state index contributed by atoms with van der Waals surface area (Å²) < 4.78 is 8.04. The summed E-state index contributed by atoms with van der Waals surface area (Å²) in [5.74, 6) is 0.622. The van der Waals surface area contributed by atoms with E-state index in [0.29, 0.717) is 17.3 Å². The van der Waals surface area contributed by atoms with Crippen LogP contribution in [0.25, 0.3) is 0 Å². The molecular weight excluding hydrogens is 408 g/mol. The minimum absolute atomic E-state index is 0.00108. The number of halogens is 1. The van der Waals surface area contributed by atoms with Crippen molar-refractivity contribution in [3.63, 3.8) is 0 Å². The number of ether oxygens (including phenoxy) is 1. The zero-order valence-electron chi connectivity index (χ0n) is 18.3. The molecule has 1 aliphatic rings. The van der Waals surface area contributed by atoms with Crippen molar-refractivity contribution in [3.8, 4) is 5.75 Å². The number of aryl methyl sites for hydroxylation is 1. The molecular formula is C26H29ClN2O2. The average molecular weight is 437 g/mol. The van der Waals surface area contributed by atoms with Gasteiger partial charge in [-0.1, -0.05) is 56.6 Å². The van der Waals surface area contributed by atoms with Gasteiger partial charge in [0.15, 0.2) is 6.61 Å². The number of hydrogen-bond donors (Lipinski definition) is 0. The molecule has 0 N–H and O–H groups in total. The zero-order valence-corrected chi connectivity index (χ0v) is 19.1. The van der Waals surface area contributed by atoms with Gasteiger partial charge in [-0.15, -0.1) is 0 Å². The molecule has 4 rings (SSSR count). The number of carbonyl (C=O) groups excluding carboxylic acids is 1. The summed E-state index contributed by atoms with van der Waals surface area (Å²) in [6.07, 6.45) is 3.01. The van der Waals surface area contributed by atoms with Gasteiger partial charge in [-0.05, 0) is 59.4 Å². The maximum Gasteiger partial charge on any atom is 0.261 e. The van der Waals surface area contributed by atoms with Crippen LogP contribution in [0.2, 0.25) is 5.02 Å². The Morgan fingerprint density at radius 3 is 2.42 bits per heavy atom. The van der Waals surface area contributed by atoms with Gasteiger partial charge in [0.1, 0.15) is 5.75 Å². The van der Waals surface area contributed by atoms with Gasteiger partial charge in [0.2, 0.25) is 0 Å². The van der Waals surface area contributed by atoms with Crippen molar-refractivity contribution >= 4 is 17.5 Å². The summed E-state index contributed by atoms with van der Waals surface area (Å²) in [6.45, 7) is 8.23. The Balaban J connectivity index is 1.61. The van der Waals surface area contributed by atoms with Gasteiger partial charge in [-0.3, -0.25) is 4.79 Å². The highest BCUT2D eigenvalue weighted by atomic mass is 35.5. The third-order valence-corrected chi connectivity index (χ3v) is 6.10. The maximum absolute atomic E-state index is 13.3. The van der Waals surface area contributed by atoms with E-state index in [4.69, 9.17) is 16.3 Å². The number of fused-ring (bicyclic) bond motifs is 1. The van der Waals surface area contributed by atoms with Crippen LogP contribution in [-0.2, 0) is 16.8 Å². The Hall–Kier alpha value is -2.72. The average Bonchev–Trinajstić information content (AvgIpc) is 3.12. The van der Waals surface area contributed by atoms with E-state index in [1.54, 1.807) is 24.3 Å². The fraction of sp³-hybridized carbons (Fsp3) is 0.346. The molecule has 1 atom stereocenters. The van der Waals surface area contributed by atoms with Crippen LogP contribution in [0.4, 0.5) is 0 Å². The lowest BCUT2D eigenvalue weighted by Gasteiger charge is -2.31. The molecule has 31 heavy (non-hydrogen) atoms. The molecule has 0 aliphatic carbocycles. The molecule has 0 saturated carbocycles. The molecule has 1 amide bonds. The molecule has 1 aliphatic heterocycles. The third-order valence-electron chi connectivity index (χ3n) is 5.84. The van der Waals surface area contributed by atoms with Crippen molar-refractivity contribution < 1.29 is 9.53 Å². The summed E-state index contributed by atoms with van der Waals surface area (Å²) in [5.41, 5.74) is 3.63. The molecule has 2 heterocycles. The lowest BCUT2D eigenvalue weighted by Crippen LogP contribution is -2.38. The lowest BCUT2D eigenvalue weighted by molar-refractivity contribution is -0.135. The van der Waals surface area contributed by atoms with Crippen molar-refractivity contribution in [1.82, 2.24) is 9.47 Å². The van der Waals surface area contributed by atoms with Gasteiger partial charge < -0.3 is 14.2 Å². The predicted molar refractivity (Wildman–Crippen MR) is 125 cm³/mol. The van der Waals surface area contributed by atoms with E-state index in [1.165, 1.54) is 5.56 Å². The minimum atomic E-state index is -0.132. The number of amides is 1. The van der Waals surface area contributed by atoms with Gasteiger partial charge in [0.25, 0.3) is 5.91 Å². The molecule has 5 heteroatoms. The fourth-order valence-electron chi connectivity index (χ4n) is 4.12. The van der Waals surface area contributed by atoms with Crippen molar-refractivity contribution in [2.45, 2.75) is 45.2 Å². The van der Waals surface area contributed by atoms with E-state index >= 15 is 0 Å². The molecule has 0 radical (unpaired) electrons. The van der Waals surface area contributed by atoms with E-state index in [1.807, 2.05) is 4.90 Å². The monoisotopic (exact) mass is 436 g/mol. The first-order chi connectivity index (χ1) is 14.8. The topological polar surface area (TPSA) is 34.5 Å². The Labute approximate surface area is 189 Å². The molecule has 162 valence electrons. The van der Waals surface area contributed by atoms with Crippen LogP contribution in [-0.4, -0.2) is 28.5 Å². The first-order valence-electron chi connectivity index (χ1n) is 10.8. The predicted octanol–water partition coefficient (Wildman–Crippen LogP) is 5.84. The van der Waals surface area contributed by atoms with Gasteiger partial charge in [0, 0.05) is 30.0 Å². The molecule has 0 bridgehead atoms. The van der Waals surface area contributed by atoms with Crippen LogP contribution in [0.3, 0.4) is 0 Å². The Bertz CT molecular complexity index is 1030. The van der Waals surface area contributed by atoms with Crippen LogP contribution in [0.5, 0.6) is 5.75 Å². The molecule has 1 unspecified atom stereocenters. The quantitative estimate of drug-likeness (QED) is 0.515. The van der Waals surface area contributed by atoms with Crippen LogP contribution in [0.15, 0.2) is 66.9 Å². The SMILES string of the molecule is CC(C)(C)c1ccc(C2c3cccn3CCCN2C(=O)COc2ccc(Cl)cc2)cc1. The van der Waals surface area contributed by atoms with Crippen molar-refractivity contribution in [3.05, 3.63) is 88.7 Å². The van der Waals surface area contributed by atoms with Crippen molar-refractivity contribution in [2.24, 2.45) is 0 Å². The second kappa shape index (κ2) is 8.80. The first kappa shape index (κ1) is 21.5. The Morgan fingerprint density at radius 1 is 1.03 bits per heavy atom. The van der Waals surface area contributed by atoms with E-state index in [9.17, 15) is 4.79 Å². The molecule has 2 aromatic carbocycles. The number of aromatic nitrogens is 1. The minimum Gasteiger partial charge on any atom is -0.484 e. The third kappa shape index (κ3) is 4.80. The van der Waals surface area contributed by atoms with Crippen LogP contribution in [0.1, 0.15) is 50.1 Å². The maximum atomic E-state index is 13.3. The highest BCUT2D eigenvalue weighted by Crippen LogP contribution is 2.33. The van der Waals surface area contributed by atoms with Gasteiger partial charge in [0.05, 0.1) is 6.04 Å². The molecule has 4 nitrogen and oxygen atoms in total. The van der Waals surface area contributed by atoms with Gasteiger partial charge >= 0.3 is 0 Å². The highest BCUT2D eigenvalue weighted by molar-refractivity contribution is 6.30. The summed E-state index contributed by atoms with van der Waals surface area (Å²) >= 11 is 5.94. The summed E-state index contributed by atoms with van der Waals surface area (Å²) in [7, 11) is 0. The van der Waals surface area contributed by atoms with Crippen molar-refractivity contribution in [2.75, 3.05) is 13.2 Å². The van der Waals surface area contributed by atoms with Gasteiger partial charge in [-0.2, -0.15) is 0 Å². The van der Waals surface area contributed by atoms with E-state index < -0.39 is 0 Å². The fourth-order valence-corrected chi connectivity index (χ4v) is 4.25. The normalized spacial score (nSPS) is 16.5. The molecule has 0 spiro atoms. The first-order valence-corrected chi connectivity index (χ1v) is 11.1. The summed E-state index contributed by atoms with van der Waals surface area (Å²) in [4.78, 5) is 15.3. The van der Waals surface area contributed by atoms with Crippen LogP contribution >= 0.6 is 11.6 Å². The second-order valence-corrected chi connectivity index (χ2v) is 9.52. The molecule has 1 aromatic heterocycles. The Kier molecular flexibility index (Phi) is 6.10. The molecule has 0 saturated heterocycles. The highest BCUT2D eigenvalue weighted by Gasteiger charge is 2.31. The van der Waals surface area contributed by atoms with E-state index in [-0.39, 0.29) is 24.0 Å². The smallest absolute Gasteiger partial charge is 0.261 e. The van der Waals surface area contributed by atoms with Crippen molar-refractivity contribution in [1.29, 1.82) is 0 Å². The van der Waals surface area contributed by atoms with Crippen LogP contribution < -0.4 is 4.74 Å². The number of benzene rings is 2. The molecule has 0 fully saturated rings. The summed E-state index contributed by atoms with van der Waals surface area (Å²) in [5, 5.41) is 0.644. The van der Waals surface area contributed by atoms with Gasteiger partial charge in [-0.25, -0.2) is 0 Å². The largest absolute Gasteiger partial charge is 0.484 e.